The molecule has 4 rings (SSSR count). The van der Waals surface area contributed by atoms with Gasteiger partial charge >= 0.3 is 0 Å². The van der Waals surface area contributed by atoms with Gasteiger partial charge in [0, 0.05) is 43.6 Å². The van der Waals surface area contributed by atoms with Crippen LogP contribution < -0.4 is 5.32 Å². The summed E-state index contributed by atoms with van der Waals surface area (Å²) in [5.74, 6) is -0.138. The first-order valence-electron chi connectivity index (χ1n) is 12.4. The molecule has 3 amide bonds. The molecule has 2 saturated heterocycles. The molecule has 0 aromatic heterocycles. The second kappa shape index (κ2) is 10.2. The summed E-state index contributed by atoms with van der Waals surface area (Å²) in [5, 5.41) is 2.97. The molecule has 2 aromatic carbocycles. The summed E-state index contributed by atoms with van der Waals surface area (Å²) in [6.07, 6.45) is 0.909. The van der Waals surface area contributed by atoms with E-state index < -0.39 is 11.8 Å². The van der Waals surface area contributed by atoms with Crippen LogP contribution in [0, 0.1) is 19.8 Å². The molecule has 7 nitrogen and oxygen atoms in total. The van der Waals surface area contributed by atoms with E-state index in [-0.39, 0.29) is 24.3 Å². The average Bonchev–Trinajstić information content (AvgIpc) is 3.20. The number of hydrogen-bond donors (Lipinski definition) is 1. The quantitative estimate of drug-likeness (QED) is 0.714. The zero-order valence-electron chi connectivity index (χ0n) is 21.0. The Labute approximate surface area is 207 Å². The molecule has 2 aliphatic rings. The second-order valence-electron chi connectivity index (χ2n) is 10.1. The topological polar surface area (TPSA) is 79.0 Å². The Kier molecular flexibility index (Phi) is 7.26. The largest absolute Gasteiger partial charge is 0.354 e. The Morgan fingerprint density at radius 3 is 2.09 bits per heavy atom. The number of carbonyl (C=O) groups is 3. The van der Waals surface area contributed by atoms with Crippen molar-refractivity contribution in [3.05, 3.63) is 70.8 Å². The highest BCUT2D eigenvalue weighted by Gasteiger charge is 2.54. The summed E-state index contributed by atoms with van der Waals surface area (Å²) >= 11 is 0. The summed E-state index contributed by atoms with van der Waals surface area (Å²) in [4.78, 5) is 43.5. The van der Waals surface area contributed by atoms with Crippen molar-refractivity contribution < 1.29 is 19.1 Å². The summed E-state index contributed by atoms with van der Waals surface area (Å²) in [6, 6.07) is 14.3. The molecule has 1 spiro atoms. The summed E-state index contributed by atoms with van der Waals surface area (Å²) in [5.41, 5.74) is 2.30. The lowest BCUT2D eigenvalue weighted by Gasteiger charge is -2.44. The van der Waals surface area contributed by atoms with E-state index in [1.165, 1.54) is 0 Å². The van der Waals surface area contributed by atoms with E-state index in [2.05, 4.69) is 5.32 Å². The molecule has 2 aliphatic heterocycles. The minimum absolute atomic E-state index is 0.0238. The molecule has 186 valence electrons. The van der Waals surface area contributed by atoms with Gasteiger partial charge in [-0.25, -0.2) is 0 Å². The summed E-state index contributed by atoms with van der Waals surface area (Å²) < 4.78 is 6.27. The van der Waals surface area contributed by atoms with E-state index in [9.17, 15) is 14.4 Å². The Morgan fingerprint density at radius 1 is 0.971 bits per heavy atom. The maximum Gasteiger partial charge on any atom is 0.256 e. The first kappa shape index (κ1) is 24.9. The fourth-order valence-corrected chi connectivity index (χ4v) is 4.93. The third kappa shape index (κ3) is 5.25. The van der Waals surface area contributed by atoms with E-state index in [1.54, 1.807) is 11.0 Å². The number of aryl methyl sites for hydroxylation is 2. The number of nitrogens with one attached hydrogen (secondary N) is 1. The molecule has 0 bridgehead atoms. The van der Waals surface area contributed by atoms with Gasteiger partial charge in [0.05, 0.1) is 6.61 Å². The Bertz CT molecular complexity index is 1100. The molecule has 7 heteroatoms. The number of hydrogen-bond acceptors (Lipinski definition) is 4. The van der Waals surface area contributed by atoms with Crippen LogP contribution in [0.2, 0.25) is 0 Å². The van der Waals surface area contributed by atoms with Gasteiger partial charge in [0.15, 0.2) is 0 Å². The van der Waals surface area contributed by atoms with Crippen LogP contribution in [-0.2, 0) is 9.53 Å². The third-order valence-corrected chi connectivity index (χ3v) is 6.83. The number of nitrogens with zero attached hydrogens (tertiary/aromatic N) is 2. The molecule has 2 heterocycles. The number of benzene rings is 2. The van der Waals surface area contributed by atoms with Crippen molar-refractivity contribution in [2.24, 2.45) is 5.92 Å². The minimum atomic E-state index is -0.913. The van der Waals surface area contributed by atoms with Crippen LogP contribution in [-0.4, -0.2) is 65.5 Å². The molecule has 2 fully saturated rings. The number of carbonyl (C=O) groups excluding carboxylic acids is 3. The maximum atomic E-state index is 13.8. The Balaban J connectivity index is 1.57. The zero-order valence-corrected chi connectivity index (χ0v) is 21.0. The standard InChI is InChI=1S/C28H35N3O4/c1-19(2)17-29-25(32)24-18-35-28(31(24)27(34)23-10-6-8-21(4)16-23)11-13-30(14-12-28)26(33)22-9-5-7-20(3)15-22/h5-10,15-16,19,24H,11-14,17-18H2,1-4H3,(H,29,32). The highest BCUT2D eigenvalue weighted by molar-refractivity contribution is 5.99. The molecular weight excluding hydrogens is 442 g/mol. The van der Waals surface area contributed by atoms with Crippen LogP contribution in [0.15, 0.2) is 48.5 Å². The van der Waals surface area contributed by atoms with Crippen LogP contribution >= 0.6 is 0 Å². The molecule has 1 N–H and O–H groups in total. The SMILES string of the molecule is Cc1cccc(C(=O)N2CCC3(CC2)OCC(C(=O)NCC(C)C)N3C(=O)c2cccc(C)c2)c1. The number of ether oxygens (including phenoxy) is 1. The lowest BCUT2D eigenvalue weighted by molar-refractivity contribution is -0.128. The van der Waals surface area contributed by atoms with Crippen molar-refractivity contribution in [2.75, 3.05) is 26.2 Å². The zero-order chi connectivity index (χ0) is 25.2. The summed E-state index contributed by atoms with van der Waals surface area (Å²) in [6.45, 7) is 9.55. The molecular formula is C28H35N3O4. The smallest absolute Gasteiger partial charge is 0.256 e. The highest BCUT2D eigenvalue weighted by atomic mass is 16.5. The van der Waals surface area contributed by atoms with E-state index >= 15 is 0 Å². The van der Waals surface area contributed by atoms with Gasteiger partial charge in [0.25, 0.3) is 11.8 Å². The van der Waals surface area contributed by atoms with Gasteiger partial charge in [-0.3, -0.25) is 19.3 Å². The molecule has 35 heavy (non-hydrogen) atoms. The molecule has 0 saturated carbocycles. The number of rotatable bonds is 5. The first-order valence-corrected chi connectivity index (χ1v) is 12.4. The molecule has 1 atom stereocenters. The van der Waals surface area contributed by atoms with E-state index in [4.69, 9.17) is 4.74 Å². The highest BCUT2D eigenvalue weighted by Crippen LogP contribution is 2.39. The molecule has 1 unspecified atom stereocenters. The fourth-order valence-electron chi connectivity index (χ4n) is 4.93. The normalized spacial score (nSPS) is 19.3. The van der Waals surface area contributed by atoms with Crippen molar-refractivity contribution in [3.63, 3.8) is 0 Å². The number of piperidine rings is 1. The molecule has 0 radical (unpaired) electrons. The lowest BCUT2D eigenvalue weighted by atomic mass is 9.95. The van der Waals surface area contributed by atoms with E-state index in [1.807, 2.05) is 75.1 Å². The molecule has 0 aliphatic carbocycles. The van der Waals surface area contributed by atoms with Crippen LogP contribution in [0.3, 0.4) is 0 Å². The van der Waals surface area contributed by atoms with E-state index in [0.29, 0.717) is 49.5 Å². The van der Waals surface area contributed by atoms with Gasteiger partial charge in [-0.1, -0.05) is 49.2 Å². The second-order valence-corrected chi connectivity index (χ2v) is 10.1. The van der Waals surface area contributed by atoms with Gasteiger partial charge < -0.3 is 15.0 Å². The van der Waals surface area contributed by atoms with Crippen LogP contribution in [0.1, 0.15) is 58.5 Å². The van der Waals surface area contributed by atoms with Crippen molar-refractivity contribution in [2.45, 2.75) is 52.3 Å². The lowest BCUT2D eigenvalue weighted by Crippen LogP contribution is -2.60. The van der Waals surface area contributed by atoms with Crippen molar-refractivity contribution in [3.8, 4) is 0 Å². The van der Waals surface area contributed by atoms with Crippen molar-refractivity contribution >= 4 is 17.7 Å². The van der Waals surface area contributed by atoms with Crippen LogP contribution in [0.25, 0.3) is 0 Å². The first-order chi connectivity index (χ1) is 16.7. The van der Waals surface area contributed by atoms with Gasteiger partial charge in [-0.05, 0) is 44.0 Å². The third-order valence-electron chi connectivity index (χ3n) is 6.83. The predicted molar refractivity (Wildman–Crippen MR) is 134 cm³/mol. The van der Waals surface area contributed by atoms with Crippen molar-refractivity contribution in [1.29, 1.82) is 0 Å². The average molecular weight is 478 g/mol. The monoisotopic (exact) mass is 477 g/mol. The number of amides is 3. The van der Waals surface area contributed by atoms with Gasteiger partial charge in [0.1, 0.15) is 11.8 Å². The summed E-state index contributed by atoms with van der Waals surface area (Å²) in [7, 11) is 0. The predicted octanol–water partition coefficient (Wildman–Crippen LogP) is 3.55. The van der Waals surface area contributed by atoms with Gasteiger partial charge in [-0.15, -0.1) is 0 Å². The Morgan fingerprint density at radius 2 is 1.54 bits per heavy atom. The van der Waals surface area contributed by atoms with E-state index in [0.717, 1.165) is 11.1 Å². The van der Waals surface area contributed by atoms with Gasteiger partial charge in [-0.2, -0.15) is 0 Å². The van der Waals surface area contributed by atoms with Crippen LogP contribution in [0.4, 0.5) is 0 Å². The maximum absolute atomic E-state index is 13.8. The minimum Gasteiger partial charge on any atom is -0.354 e. The van der Waals surface area contributed by atoms with Crippen molar-refractivity contribution in [1.82, 2.24) is 15.1 Å². The van der Waals surface area contributed by atoms with Crippen LogP contribution in [0.5, 0.6) is 0 Å². The Hall–Kier alpha value is -3.19. The van der Waals surface area contributed by atoms with Gasteiger partial charge in [0.2, 0.25) is 5.91 Å². The fraction of sp³-hybridized carbons (Fsp3) is 0.464. The molecule has 2 aromatic rings. The number of likely N-dealkylation sites (tertiary alicyclic amines) is 1.